The summed E-state index contributed by atoms with van der Waals surface area (Å²) in [5, 5.41) is 2.14. The molecule has 1 aliphatic rings. The summed E-state index contributed by atoms with van der Waals surface area (Å²) in [6.45, 7) is 2.37. The zero-order valence-electron chi connectivity index (χ0n) is 15.4. The van der Waals surface area contributed by atoms with Gasteiger partial charge in [0.15, 0.2) is 0 Å². The van der Waals surface area contributed by atoms with Gasteiger partial charge >= 0.3 is 0 Å². The van der Waals surface area contributed by atoms with Crippen LogP contribution in [0.25, 0.3) is 33.1 Å². The molecular formula is C22H23N5. The second-order valence-electron chi connectivity index (χ2n) is 7.60. The van der Waals surface area contributed by atoms with Gasteiger partial charge in [0.2, 0.25) is 0 Å². The number of aromatic amines is 1. The Balaban J connectivity index is 1.49. The fourth-order valence-electron chi connectivity index (χ4n) is 4.14. The zero-order valence-corrected chi connectivity index (χ0v) is 15.4. The molecule has 0 radical (unpaired) electrons. The molecule has 5 rings (SSSR count). The first-order valence-corrected chi connectivity index (χ1v) is 9.49. The Hall–Kier alpha value is -2.92. The first-order chi connectivity index (χ1) is 13.2. The Morgan fingerprint density at radius 3 is 2.52 bits per heavy atom. The van der Waals surface area contributed by atoms with Crippen molar-refractivity contribution < 1.29 is 0 Å². The van der Waals surface area contributed by atoms with Crippen LogP contribution in [0.1, 0.15) is 24.3 Å². The molecule has 0 saturated carbocycles. The standard InChI is InChI=1S/C22H23N5/c1-27-8-6-16(7-9-27)14-2-4-15(5-3-14)17-10-19-18-11-21(23)24-13-20(18)26-22(19)25-12-17/h2-5,10-13,16H,6-9H2,1H3,(H2,23,24)(H,25,26). The predicted octanol–water partition coefficient (Wildman–Crippen LogP) is 4.17. The molecule has 0 bridgehead atoms. The number of rotatable bonds is 2. The van der Waals surface area contributed by atoms with Crippen LogP contribution in [0, 0.1) is 0 Å². The number of fused-ring (bicyclic) bond motifs is 3. The molecule has 3 aromatic heterocycles. The quantitative estimate of drug-likeness (QED) is 0.565. The van der Waals surface area contributed by atoms with Crippen LogP contribution in [-0.2, 0) is 0 Å². The van der Waals surface area contributed by atoms with Gasteiger partial charge in [-0.2, -0.15) is 0 Å². The number of hydrogen-bond donors (Lipinski definition) is 2. The van der Waals surface area contributed by atoms with E-state index >= 15 is 0 Å². The molecule has 1 fully saturated rings. The van der Waals surface area contributed by atoms with Crippen molar-refractivity contribution in [2.24, 2.45) is 0 Å². The molecule has 0 unspecified atom stereocenters. The third-order valence-corrected chi connectivity index (χ3v) is 5.79. The number of anilines is 1. The van der Waals surface area contributed by atoms with Crippen LogP contribution < -0.4 is 5.73 Å². The van der Waals surface area contributed by atoms with Crippen LogP contribution in [0.4, 0.5) is 5.82 Å². The van der Waals surface area contributed by atoms with Crippen molar-refractivity contribution in [1.82, 2.24) is 19.9 Å². The lowest BCUT2D eigenvalue weighted by Crippen LogP contribution is -2.29. The third-order valence-electron chi connectivity index (χ3n) is 5.79. The first kappa shape index (κ1) is 16.3. The molecule has 0 aliphatic carbocycles. The van der Waals surface area contributed by atoms with Crippen LogP contribution in [0.5, 0.6) is 0 Å². The number of nitrogens with zero attached hydrogens (tertiary/aromatic N) is 3. The van der Waals surface area contributed by atoms with Crippen LogP contribution in [0.2, 0.25) is 0 Å². The number of nitrogens with two attached hydrogens (primary N) is 1. The van der Waals surface area contributed by atoms with Crippen LogP contribution in [-0.4, -0.2) is 40.0 Å². The fraction of sp³-hybridized carbons (Fsp3) is 0.273. The van der Waals surface area contributed by atoms with Crippen molar-refractivity contribution >= 4 is 27.8 Å². The van der Waals surface area contributed by atoms with E-state index in [1.54, 1.807) is 6.20 Å². The summed E-state index contributed by atoms with van der Waals surface area (Å²) in [6.07, 6.45) is 6.18. The molecule has 3 N–H and O–H groups in total. The Kier molecular flexibility index (Phi) is 3.83. The van der Waals surface area contributed by atoms with E-state index in [0.29, 0.717) is 11.7 Å². The van der Waals surface area contributed by atoms with Crippen molar-refractivity contribution in [3.05, 3.63) is 54.4 Å². The molecule has 136 valence electrons. The molecule has 0 atom stereocenters. The summed E-state index contributed by atoms with van der Waals surface area (Å²) in [5.74, 6) is 1.20. The Morgan fingerprint density at radius 1 is 0.963 bits per heavy atom. The van der Waals surface area contributed by atoms with Crippen molar-refractivity contribution in [2.45, 2.75) is 18.8 Å². The Bertz CT molecular complexity index is 1100. The third kappa shape index (κ3) is 2.94. The van der Waals surface area contributed by atoms with E-state index in [0.717, 1.165) is 27.5 Å². The number of pyridine rings is 2. The molecule has 1 aliphatic heterocycles. The average molecular weight is 357 g/mol. The van der Waals surface area contributed by atoms with Crippen molar-refractivity contribution in [2.75, 3.05) is 25.9 Å². The topological polar surface area (TPSA) is 70.8 Å². The van der Waals surface area contributed by atoms with Crippen molar-refractivity contribution in [3.8, 4) is 11.1 Å². The van der Waals surface area contributed by atoms with Gasteiger partial charge in [-0.1, -0.05) is 24.3 Å². The number of nitrogen functional groups attached to an aromatic ring is 1. The van der Waals surface area contributed by atoms with Crippen LogP contribution >= 0.6 is 0 Å². The number of likely N-dealkylation sites (tertiary alicyclic amines) is 1. The fourth-order valence-corrected chi connectivity index (χ4v) is 4.14. The maximum atomic E-state index is 5.87. The van der Waals surface area contributed by atoms with Gasteiger partial charge in [-0.25, -0.2) is 9.97 Å². The summed E-state index contributed by atoms with van der Waals surface area (Å²) in [7, 11) is 2.21. The molecule has 5 nitrogen and oxygen atoms in total. The lowest BCUT2D eigenvalue weighted by molar-refractivity contribution is 0.255. The SMILES string of the molecule is CN1CCC(c2ccc(-c3cnc4[nH]c5cnc(N)cc5c4c3)cc2)CC1. The van der Waals surface area contributed by atoms with Gasteiger partial charge in [-0.15, -0.1) is 0 Å². The summed E-state index contributed by atoms with van der Waals surface area (Å²) < 4.78 is 0. The van der Waals surface area contributed by atoms with E-state index in [4.69, 9.17) is 5.73 Å². The molecule has 1 saturated heterocycles. The minimum absolute atomic E-state index is 0.524. The Morgan fingerprint density at radius 2 is 1.74 bits per heavy atom. The minimum atomic E-state index is 0.524. The average Bonchev–Trinajstić information content (AvgIpc) is 3.06. The Labute approximate surface area is 158 Å². The summed E-state index contributed by atoms with van der Waals surface area (Å²) in [6, 6.07) is 13.1. The molecule has 0 amide bonds. The van der Waals surface area contributed by atoms with Gasteiger partial charge < -0.3 is 15.6 Å². The van der Waals surface area contributed by atoms with E-state index < -0.39 is 0 Å². The molecule has 4 heterocycles. The zero-order chi connectivity index (χ0) is 18.4. The lowest BCUT2D eigenvalue weighted by Gasteiger charge is -2.29. The second-order valence-corrected chi connectivity index (χ2v) is 7.60. The van der Waals surface area contributed by atoms with Crippen molar-refractivity contribution in [1.29, 1.82) is 0 Å². The predicted molar refractivity (Wildman–Crippen MR) is 111 cm³/mol. The van der Waals surface area contributed by atoms with Crippen molar-refractivity contribution in [3.63, 3.8) is 0 Å². The van der Waals surface area contributed by atoms with E-state index in [2.05, 4.69) is 57.2 Å². The number of benzene rings is 1. The molecule has 0 spiro atoms. The van der Waals surface area contributed by atoms with E-state index in [-0.39, 0.29) is 0 Å². The summed E-state index contributed by atoms with van der Waals surface area (Å²) >= 11 is 0. The van der Waals surface area contributed by atoms with Gasteiger partial charge in [0.25, 0.3) is 0 Å². The lowest BCUT2D eigenvalue weighted by atomic mass is 9.89. The largest absolute Gasteiger partial charge is 0.384 e. The maximum absolute atomic E-state index is 5.87. The number of aromatic nitrogens is 3. The first-order valence-electron chi connectivity index (χ1n) is 9.49. The number of nitrogens with one attached hydrogen (secondary N) is 1. The maximum Gasteiger partial charge on any atom is 0.138 e. The summed E-state index contributed by atoms with van der Waals surface area (Å²) in [5.41, 5.74) is 11.5. The molecule has 5 heteroatoms. The van der Waals surface area contributed by atoms with E-state index in [1.165, 1.54) is 37.1 Å². The number of hydrogen-bond acceptors (Lipinski definition) is 4. The second kappa shape index (κ2) is 6.35. The van der Waals surface area contributed by atoms with Gasteiger partial charge in [0.05, 0.1) is 11.7 Å². The molecule has 1 aromatic carbocycles. The van der Waals surface area contributed by atoms with Crippen LogP contribution in [0.15, 0.2) is 48.8 Å². The van der Waals surface area contributed by atoms with E-state index in [9.17, 15) is 0 Å². The van der Waals surface area contributed by atoms with Gasteiger partial charge in [0, 0.05) is 22.5 Å². The highest BCUT2D eigenvalue weighted by Crippen LogP contribution is 2.31. The minimum Gasteiger partial charge on any atom is -0.384 e. The van der Waals surface area contributed by atoms with Gasteiger partial charge in [-0.3, -0.25) is 0 Å². The highest BCUT2D eigenvalue weighted by molar-refractivity contribution is 6.07. The molecule has 4 aromatic rings. The van der Waals surface area contributed by atoms with Gasteiger partial charge in [-0.05, 0) is 62.2 Å². The smallest absolute Gasteiger partial charge is 0.138 e. The molecular weight excluding hydrogens is 334 g/mol. The van der Waals surface area contributed by atoms with Gasteiger partial charge in [0.1, 0.15) is 11.5 Å². The molecule has 27 heavy (non-hydrogen) atoms. The normalized spacial score (nSPS) is 16.3. The summed E-state index contributed by atoms with van der Waals surface area (Å²) in [4.78, 5) is 14.5. The highest BCUT2D eigenvalue weighted by atomic mass is 15.1. The highest BCUT2D eigenvalue weighted by Gasteiger charge is 2.18. The van der Waals surface area contributed by atoms with Crippen LogP contribution in [0.3, 0.4) is 0 Å². The monoisotopic (exact) mass is 357 g/mol. The number of H-pyrrole nitrogens is 1. The van der Waals surface area contributed by atoms with E-state index in [1.807, 2.05) is 12.3 Å². The number of piperidine rings is 1.